The van der Waals surface area contributed by atoms with E-state index < -0.39 is 23.0 Å². The molecular weight excluding hydrogens is 399 g/mol. The van der Waals surface area contributed by atoms with E-state index in [1.807, 2.05) is 6.07 Å². The Morgan fingerprint density at radius 3 is 2.52 bits per heavy atom. The Hall–Kier alpha value is -3.86. The summed E-state index contributed by atoms with van der Waals surface area (Å²) in [6, 6.07) is 9.43. The predicted molar refractivity (Wildman–Crippen MR) is 113 cm³/mol. The molecule has 0 radical (unpaired) electrons. The van der Waals surface area contributed by atoms with Crippen LogP contribution in [0.25, 0.3) is 0 Å². The van der Waals surface area contributed by atoms with Crippen LogP contribution in [0.15, 0.2) is 39.9 Å². The topological polar surface area (TPSA) is 109 Å². The number of carbonyl (C=O) groups excluding carboxylic acids is 1. The van der Waals surface area contributed by atoms with Crippen LogP contribution in [0.5, 0.6) is 0 Å². The lowest BCUT2D eigenvalue weighted by Crippen LogP contribution is -2.38. The molecule has 7 nitrogen and oxygen atoms in total. The molecule has 0 aliphatic carbocycles. The number of benzene rings is 1. The molecule has 0 saturated heterocycles. The molecule has 0 atom stereocenters. The molecule has 158 valence electrons. The molecule has 1 aromatic carbocycles. The zero-order chi connectivity index (χ0) is 22.9. The summed E-state index contributed by atoms with van der Waals surface area (Å²) < 4.78 is 14.9. The van der Waals surface area contributed by atoms with E-state index in [1.54, 1.807) is 45.9 Å². The molecule has 0 unspecified atom stereocenters. The fourth-order valence-electron chi connectivity index (χ4n) is 3.60. The summed E-state index contributed by atoms with van der Waals surface area (Å²) in [7, 11) is 0. The summed E-state index contributed by atoms with van der Waals surface area (Å²) >= 11 is 0. The van der Waals surface area contributed by atoms with Gasteiger partial charge in [-0.1, -0.05) is 13.8 Å². The van der Waals surface area contributed by atoms with E-state index in [0.29, 0.717) is 22.4 Å². The van der Waals surface area contributed by atoms with Gasteiger partial charge in [-0.3, -0.25) is 19.1 Å². The van der Waals surface area contributed by atoms with Gasteiger partial charge in [-0.2, -0.15) is 9.65 Å². The van der Waals surface area contributed by atoms with Crippen molar-refractivity contribution in [1.82, 2.24) is 14.5 Å². The van der Waals surface area contributed by atoms with Crippen LogP contribution in [0, 0.1) is 31.1 Å². The Morgan fingerprint density at radius 2 is 1.90 bits per heavy atom. The fraction of sp³-hybridized carbons (Fsp3) is 0.261. The van der Waals surface area contributed by atoms with Crippen molar-refractivity contribution in [3.8, 4) is 6.07 Å². The number of hydrogen-bond donors (Lipinski definition) is 1. The number of ketones is 1. The lowest BCUT2D eigenvalue weighted by molar-refractivity contribution is 0.102. The number of aromatic amines is 1. The summed E-state index contributed by atoms with van der Waals surface area (Å²) in [5.41, 5.74) is 0.662. The molecule has 0 fully saturated rings. The summed E-state index contributed by atoms with van der Waals surface area (Å²) in [4.78, 5) is 44.8. The standard InChI is InChI=1S/C23H21FN4O3/c1-12(2)19-20(21(29)17-6-13(3)5-15(8-17)10-25)28(23(31)27-22(19)30)11-16-7-14(4)26-18(24)9-16/h5-9,12H,11H2,1-4H3,(H,27,30,31). The van der Waals surface area contributed by atoms with Gasteiger partial charge in [0.25, 0.3) is 5.56 Å². The van der Waals surface area contributed by atoms with Gasteiger partial charge < -0.3 is 0 Å². The van der Waals surface area contributed by atoms with Crippen LogP contribution >= 0.6 is 0 Å². The monoisotopic (exact) mass is 420 g/mol. The Labute approximate surface area is 177 Å². The van der Waals surface area contributed by atoms with Gasteiger partial charge in [0.05, 0.1) is 18.2 Å². The van der Waals surface area contributed by atoms with Gasteiger partial charge in [0.1, 0.15) is 5.69 Å². The Balaban J connectivity index is 2.30. The highest BCUT2D eigenvalue weighted by atomic mass is 19.1. The number of hydrogen-bond acceptors (Lipinski definition) is 5. The Bertz CT molecular complexity index is 1330. The fourth-order valence-corrected chi connectivity index (χ4v) is 3.60. The normalized spacial score (nSPS) is 10.9. The molecule has 0 saturated carbocycles. The van der Waals surface area contributed by atoms with E-state index in [9.17, 15) is 24.0 Å². The number of nitrogens with zero attached hydrogens (tertiary/aromatic N) is 3. The van der Waals surface area contributed by atoms with Crippen molar-refractivity contribution < 1.29 is 9.18 Å². The zero-order valence-electron chi connectivity index (χ0n) is 17.6. The van der Waals surface area contributed by atoms with Crippen LogP contribution in [0.3, 0.4) is 0 Å². The third-order valence-electron chi connectivity index (χ3n) is 4.82. The van der Waals surface area contributed by atoms with Crippen LogP contribution in [0.2, 0.25) is 0 Å². The van der Waals surface area contributed by atoms with Gasteiger partial charge >= 0.3 is 5.69 Å². The maximum absolute atomic E-state index is 13.8. The Kier molecular flexibility index (Phi) is 5.97. The zero-order valence-corrected chi connectivity index (χ0v) is 17.6. The summed E-state index contributed by atoms with van der Waals surface area (Å²) in [6.07, 6.45) is 0. The van der Waals surface area contributed by atoms with E-state index in [0.717, 1.165) is 4.57 Å². The molecule has 1 N–H and O–H groups in total. The predicted octanol–water partition coefficient (Wildman–Crippen LogP) is 2.96. The van der Waals surface area contributed by atoms with Crippen molar-refractivity contribution in [2.24, 2.45) is 0 Å². The quantitative estimate of drug-likeness (QED) is 0.504. The third kappa shape index (κ3) is 4.51. The minimum Gasteiger partial charge on any atom is -0.287 e. The van der Waals surface area contributed by atoms with Gasteiger partial charge in [0, 0.05) is 16.8 Å². The summed E-state index contributed by atoms with van der Waals surface area (Å²) in [5.74, 6) is -1.63. The smallest absolute Gasteiger partial charge is 0.287 e. The molecule has 8 heteroatoms. The second-order valence-electron chi connectivity index (χ2n) is 7.73. The summed E-state index contributed by atoms with van der Waals surface area (Å²) in [6.45, 7) is 6.71. The first kappa shape index (κ1) is 21.8. The van der Waals surface area contributed by atoms with Gasteiger partial charge in [-0.05, 0) is 61.2 Å². The molecule has 0 spiro atoms. The van der Waals surface area contributed by atoms with Crippen molar-refractivity contribution in [2.45, 2.75) is 40.2 Å². The van der Waals surface area contributed by atoms with Gasteiger partial charge in [-0.15, -0.1) is 0 Å². The van der Waals surface area contributed by atoms with E-state index in [1.165, 1.54) is 12.1 Å². The minimum atomic E-state index is -0.777. The van der Waals surface area contributed by atoms with Gasteiger partial charge in [0.2, 0.25) is 11.7 Å². The molecule has 0 bridgehead atoms. The van der Waals surface area contributed by atoms with E-state index in [-0.39, 0.29) is 29.3 Å². The number of aromatic nitrogens is 3. The minimum absolute atomic E-state index is 0.0758. The SMILES string of the molecule is Cc1cc(C#N)cc(C(=O)c2c(C(C)C)c(=O)[nH]c(=O)n2Cc2cc(C)nc(F)c2)c1. The van der Waals surface area contributed by atoms with Crippen molar-refractivity contribution in [1.29, 1.82) is 5.26 Å². The van der Waals surface area contributed by atoms with Crippen LogP contribution in [0.4, 0.5) is 4.39 Å². The second-order valence-corrected chi connectivity index (χ2v) is 7.73. The van der Waals surface area contributed by atoms with Crippen molar-refractivity contribution >= 4 is 5.78 Å². The lowest BCUT2D eigenvalue weighted by atomic mass is 9.95. The number of H-pyrrole nitrogens is 1. The van der Waals surface area contributed by atoms with Crippen LogP contribution < -0.4 is 11.2 Å². The van der Waals surface area contributed by atoms with E-state index >= 15 is 0 Å². The number of halogens is 1. The number of rotatable bonds is 5. The highest BCUT2D eigenvalue weighted by Gasteiger charge is 2.25. The molecule has 2 heterocycles. The van der Waals surface area contributed by atoms with Crippen molar-refractivity contribution in [3.63, 3.8) is 0 Å². The molecule has 0 amide bonds. The highest BCUT2D eigenvalue weighted by Crippen LogP contribution is 2.21. The molecule has 3 rings (SSSR count). The summed E-state index contributed by atoms with van der Waals surface area (Å²) in [5, 5.41) is 9.26. The van der Waals surface area contributed by atoms with Crippen molar-refractivity contribution in [3.05, 3.63) is 96.3 Å². The van der Waals surface area contributed by atoms with Crippen LogP contribution in [0.1, 0.15) is 63.8 Å². The maximum atomic E-state index is 13.8. The highest BCUT2D eigenvalue weighted by molar-refractivity contribution is 6.09. The molecule has 3 aromatic rings. The largest absolute Gasteiger partial charge is 0.329 e. The Morgan fingerprint density at radius 1 is 1.19 bits per heavy atom. The number of aryl methyl sites for hydroxylation is 2. The number of nitrogens with one attached hydrogen (secondary N) is 1. The number of carbonyl (C=O) groups is 1. The van der Waals surface area contributed by atoms with E-state index in [4.69, 9.17) is 0 Å². The maximum Gasteiger partial charge on any atom is 0.329 e. The van der Waals surface area contributed by atoms with Gasteiger partial charge in [0.15, 0.2) is 0 Å². The molecular formula is C23H21FN4O3. The second kappa shape index (κ2) is 8.48. The molecule has 0 aliphatic heterocycles. The average Bonchev–Trinajstić information content (AvgIpc) is 2.67. The number of pyridine rings is 1. The first-order valence-corrected chi connectivity index (χ1v) is 9.67. The third-order valence-corrected chi connectivity index (χ3v) is 4.82. The molecule has 2 aromatic heterocycles. The van der Waals surface area contributed by atoms with Crippen LogP contribution in [-0.4, -0.2) is 20.3 Å². The average molecular weight is 420 g/mol. The molecule has 31 heavy (non-hydrogen) atoms. The van der Waals surface area contributed by atoms with Crippen molar-refractivity contribution in [2.75, 3.05) is 0 Å². The van der Waals surface area contributed by atoms with Gasteiger partial charge in [-0.25, -0.2) is 9.78 Å². The first-order chi connectivity index (χ1) is 14.6. The molecule has 0 aliphatic rings. The first-order valence-electron chi connectivity index (χ1n) is 9.67. The van der Waals surface area contributed by atoms with Crippen LogP contribution in [-0.2, 0) is 6.54 Å². The van der Waals surface area contributed by atoms with E-state index in [2.05, 4.69) is 9.97 Å². The number of nitriles is 1. The lowest BCUT2D eigenvalue weighted by Gasteiger charge is -2.18.